The molecule has 1 saturated heterocycles. The van der Waals surface area contributed by atoms with Gasteiger partial charge in [-0.05, 0) is 41.2 Å². The maximum Gasteiger partial charge on any atom is 0.192 e. The summed E-state index contributed by atoms with van der Waals surface area (Å²) >= 11 is 0. The van der Waals surface area contributed by atoms with Gasteiger partial charge in [0.2, 0.25) is 0 Å². The zero-order valence-electron chi connectivity index (χ0n) is 21.2. The molecule has 0 aromatic heterocycles. The van der Waals surface area contributed by atoms with Gasteiger partial charge in [-0.25, -0.2) is 0 Å². The van der Waals surface area contributed by atoms with E-state index in [2.05, 4.69) is 130 Å². The maximum atomic E-state index is 10.6. The van der Waals surface area contributed by atoms with Gasteiger partial charge in [0.05, 0.1) is 18.2 Å². The minimum atomic E-state index is -1.95. The lowest BCUT2D eigenvalue weighted by Gasteiger charge is -2.46. The molecule has 4 heteroatoms. The summed E-state index contributed by atoms with van der Waals surface area (Å²) in [6.07, 6.45) is 0.922. The average molecular weight is 474 g/mol. The smallest absolute Gasteiger partial charge is 0.192 e. The second kappa shape index (κ2) is 9.78. The summed E-state index contributed by atoms with van der Waals surface area (Å²) in [6.45, 7) is 12.4. The van der Waals surface area contributed by atoms with Crippen LogP contribution in [0.3, 0.4) is 0 Å². The maximum absolute atomic E-state index is 10.6. The molecule has 3 aromatic rings. The van der Waals surface area contributed by atoms with Crippen LogP contribution in [0.1, 0.15) is 43.9 Å². The highest BCUT2D eigenvalue weighted by Gasteiger charge is 2.50. The van der Waals surface area contributed by atoms with E-state index in [-0.39, 0.29) is 23.8 Å². The Morgan fingerprint density at radius 1 is 0.794 bits per heavy atom. The van der Waals surface area contributed by atoms with Crippen LogP contribution in [0.15, 0.2) is 91.0 Å². The zero-order chi connectivity index (χ0) is 24.4. The number of hydrogen-bond donors (Lipinski definition) is 1. The number of aliphatic hydroxyl groups is 1. The minimum Gasteiger partial charge on any atom is -0.413 e. The van der Waals surface area contributed by atoms with E-state index in [4.69, 9.17) is 4.43 Å². The molecule has 34 heavy (non-hydrogen) atoms. The molecule has 0 aliphatic carbocycles. The normalized spacial score (nSPS) is 19.9. The number of likely N-dealkylation sites (tertiary alicyclic amines) is 1. The Labute approximate surface area is 206 Å². The molecule has 0 spiro atoms. The molecule has 1 aliphatic heterocycles. The molecule has 180 valence electrons. The van der Waals surface area contributed by atoms with Gasteiger partial charge in [0.25, 0.3) is 0 Å². The molecule has 0 radical (unpaired) electrons. The highest BCUT2D eigenvalue weighted by Crippen LogP contribution is 2.47. The summed E-state index contributed by atoms with van der Waals surface area (Å²) in [7, 11) is -1.95. The van der Waals surface area contributed by atoms with Gasteiger partial charge in [0, 0.05) is 12.6 Å². The first-order valence-electron chi connectivity index (χ1n) is 12.4. The van der Waals surface area contributed by atoms with Gasteiger partial charge in [-0.2, -0.15) is 0 Å². The van der Waals surface area contributed by atoms with Crippen molar-refractivity contribution in [2.24, 2.45) is 0 Å². The lowest BCUT2D eigenvalue weighted by Crippen LogP contribution is -2.52. The molecule has 0 amide bonds. The Bertz CT molecular complexity index is 951. The van der Waals surface area contributed by atoms with Crippen LogP contribution in [0.5, 0.6) is 0 Å². The van der Waals surface area contributed by atoms with Crippen LogP contribution < -0.4 is 0 Å². The fourth-order valence-corrected chi connectivity index (χ4v) is 6.53. The third-order valence-corrected chi connectivity index (χ3v) is 12.4. The number of benzene rings is 3. The SMILES string of the molecule is CC(C)(C)[Si](C)(C)O[C@@H]1C[C@@H](CO)N(C(c2ccccc2)(c2ccccc2)c2ccccc2)C1. The molecule has 1 fully saturated rings. The van der Waals surface area contributed by atoms with Crippen LogP contribution >= 0.6 is 0 Å². The second-order valence-electron chi connectivity index (χ2n) is 11.0. The van der Waals surface area contributed by atoms with Crippen molar-refractivity contribution in [1.82, 2.24) is 4.90 Å². The van der Waals surface area contributed by atoms with Gasteiger partial charge in [0.1, 0.15) is 0 Å². The topological polar surface area (TPSA) is 32.7 Å². The Balaban J connectivity index is 1.88. The third kappa shape index (κ3) is 4.52. The number of aliphatic hydroxyl groups excluding tert-OH is 1. The van der Waals surface area contributed by atoms with E-state index in [0.717, 1.165) is 13.0 Å². The fourth-order valence-electron chi connectivity index (χ4n) is 5.17. The van der Waals surface area contributed by atoms with Crippen LogP contribution in [0.25, 0.3) is 0 Å². The van der Waals surface area contributed by atoms with E-state index in [1.807, 2.05) is 0 Å². The van der Waals surface area contributed by atoms with E-state index in [9.17, 15) is 5.11 Å². The molecule has 1 N–H and O–H groups in total. The van der Waals surface area contributed by atoms with Gasteiger partial charge < -0.3 is 9.53 Å². The Kier molecular flexibility index (Phi) is 7.16. The molecule has 0 saturated carbocycles. The molecule has 3 aromatic carbocycles. The summed E-state index contributed by atoms with van der Waals surface area (Å²) in [4.78, 5) is 2.50. The summed E-state index contributed by atoms with van der Waals surface area (Å²) in [5.41, 5.74) is 3.10. The van der Waals surface area contributed by atoms with Crippen LogP contribution in [-0.2, 0) is 9.96 Å². The Morgan fingerprint density at radius 3 is 1.56 bits per heavy atom. The van der Waals surface area contributed by atoms with Gasteiger partial charge in [0.15, 0.2) is 8.32 Å². The molecule has 4 rings (SSSR count). The largest absolute Gasteiger partial charge is 0.413 e. The molecular weight excluding hydrogens is 434 g/mol. The summed E-state index contributed by atoms with van der Waals surface area (Å²) in [6, 6.07) is 32.2. The molecule has 0 bridgehead atoms. The molecular formula is C30H39NO2Si. The van der Waals surface area contributed by atoms with Gasteiger partial charge in [-0.15, -0.1) is 0 Å². The molecule has 2 atom stereocenters. The average Bonchev–Trinajstić information content (AvgIpc) is 3.23. The number of hydrogen-bond acceptors (Lipinski definition) is 3. The second-order valence-corrected chi connectivity index (χ2v) is 15.8. The summed E-state index contributed by atoms with van der Waals surface area (Å²) < 4.78 is 6.91. The minimum absolute atomic E-state index is 0.00427. The molecule has 3 nitrogen and oxygen atoms in total. The predicted molar refractivity (Wildman–Crippen MR) is 143 cm³/mol. The van der Waals surface area contributed by atoms with Crippen LogP contribution in [0.4, 0.5) is 0 Å². The van der Waals surface area contributed by atoms with Crippen molar-refractivity contribution in [3.05, 3.63) is 108 Å². The van der Waals surface area contributed by atoms with E-state index in [1.165, 1.54) is 16.7 Å². The van der Waals surface area contributed by atoms with Crippen molar-refractivity contribution < 1.29 is 9.53 Å². The van der Waals surface area contributed by atoms with Gasteiger partial charge >= 0.3 is 0 Å². The van der Waals surface area contributed by atoms with Crippen molar-refractivity contribution in [3.63, 3.8) is 0 Å². The fraction of sp³-hybridized carbons (Fsp3) is 0.400. The first-order chi connectivity index (χ1) is 16.2. The van der Waals surface area contributed by atoms with Crippen LogP contribution in [-0.4, -0.2) is 43.6 Å². The van der Waals surface area contributed by atoms with Crippen molar-refractivity contribution >= 4 is 8.32 Å². The monoisotopic (exact) mass is 473 g/mol. The van der Waals surface area contributed by atoms with E-state index >= 15 is 0 Å². The van der Waals surface area contributed by atoms with Gasteiger partial charge in [-0.1, -0.05) is 112 Å². The zero-order valence-corrected chi connectivity index (χ0v) is 22.2. The Morgan fingerprint density at radius 2 is 1.21 bits per heavy atom. The van der Waals surface area contributed by atoms with Crippen LogP contribution in [0, 0.1) is 0 Å². The first-order valence-corrected chi connectivity index (χ1v) is 15.3. The van der Waals surface area contributed by atoms with Crippen molar-refractivity contribution in [1.29, 1.82) is 0 Å². The van der Waals surface area contributed by atoms with Crippen molar-refractivity contribution in [2.45, 2.75) is 63.0 Å². The quantitative estimate of drug-likeness (QED) is 0.317. The standard InChI is InChI=1S/C30H39NO2Si/c1-29(2,3)34(4,5)33-28-21-27(23-32)31(22-28)30(24-15-9-6-10-16-24,25-17-11-7-12-18-25)26-19-13-8-14-20-26/h6-20,27-28,32H,21-23H2,1-5H3/t27-,28+/m0/s1. The van der Waals surface area contributed by atoms with Crippen molar-refractivity contribution in [2.75, 3.05) is 13.2 Å². The summed E-state index contributed by atoms with van der Waals surface area (Å²) in [5.74, 6) is 0. The number of rotatable bonds is 7. The lowest BCUT2D eigenvalue weighted by molar-refractivity contribution is 0.0881. The molecule has 1 heterocycles. The molecule has 0 unspecified atom stereocenters. The highest BCUT2D eigenvalue weighted by molar-refractivity contribution is 6.74. The van der Waals surface area contributed by atoms with Crippen molar-refractivity contribution in [3.8, 4) is 0 Å². The lowest BCUT2D eigenvalue weighted by atomic mass is 9.75. The third-order valence-electron chi connectivity index (χ3n) is 7.86. The summed E-state index contributed by atoms with van der Waals surface area (Å²) in [5, 5.41) is 10.8. The first kappa shape index (κ1) is 24.9. The van der Waals surface area contributed by atoms with Crippen LogP contribution in [0.2, 0.25) is 18.1 Å². The number of nitrogens with zero attached hydrogens (tertiary/aromatic N) is 1. The van der Waals surface area contributed by atoms with E-state index in [0.29, 0.717) is 0 Å². The van der Waals surface area contributed by atoms with E-state index < -0.39 is 13.9 Å². The Hall–Kier alpha value is -2.24. The molecule has 1 aliphatic rings. The highest BCUT2D eigenvalue weighted by atomic mass is 28.4. The van der Waals surface area contributed by atoms with Gasteiger partial charge in [-0.3, -0.25) is 4.90 Å². The van der Waals surface area contributed by atoms with E-state index in [1.54, 1.807) is 0 Å². The predicted octanol–water partition coefficient (Wildman–Crippen LogP) is 6.44.